The zero-order valence-electron chi connectivity index (χ0n) is 8.00. The molecule has 0 amide bonds. The van der Waals surface area contributed by atoms with Gasteiger partial charge in [0.25, 0.3) is 0 Å². The molecule has 0 spiro atoms. The molecule has 0 saturated heterocycles. The van der Waals surface area contributed by atoms with Gasteiger partial charge in [-0.15, -0.1) is 0 Å². The highest BCUT2D eigenvalue weighted by Crippen LogP contribution is 2.27. The van der Waals surface area contributed by atoms with E-state index in [9.17, 15) is 9.59 Å². The first kappa shape index (κ1) is 9.96. The van der Waals surface area contributed by atoms with E-state index in [1.54, 1.807) is 6.08 Å². The standard InChI is InChI=1S/C10H14O3/c1-3-4-6-10(8(2)11)7-5-9(12)13-10/h5,7H,3-4,6H2,1-2H3. The number of Topliss-reactive ketones (excluding diaryl/α,β-unsaturated/α-hetero) is 1. The molecule has 0 N–H and O–H groups in total. The smallest absolute Gasteiger partial charge is 0.331 e. The Morgan fingerprint density at radius 1 is 1.62 bits per heavy atom. The number of ketones is 1. The highest BCUT2D eigenvalue weighted by Gasteiger charge is 2.39. The third-order valence-corrected chi connectivity index (χ3v) is 2.27. The summed E-state index contributed by atoms with van der Waals surface area (Å²) in [6.45, 7) is 3.49. The number of carbonyl (C=O) groups excluding carboxylic acids is 2. The molecule has 72 valence electrons. The molecule has 1 atom stereocenters. The molecule has 1 heterocycles. The molecule has 0 aliphatic carbocycles. The highest BCUT2D eigenvalue weighted by atomic mass is 16.6. The molecule has 1 aliphatic rings. The number of unbranched alkanes of at least 4 members (excludes halogenated alkanes) is 1. The topological polar surface area (TPSA) is 43.4 Å². The predicted octanol–water partition coefficient (Wildman–Crippen LogP) is 1.62. The van der Waals surface area contributed by atoms with Gasteiger partial charge in [0.2, 0.25) is 0 Å². The van der Waals surface area contributed by atoms with Gasteiger partial charge >= 0.3 is 5.97 Å². The number of cyclic esters (lactones) is 1. The average molecular weight is 182 g/mol. The number of rotatable bonds is 4. The Labute approximate surface area is 77.8 Å². The van der Waals surface area contributed by atoms with Crippen molar-refractivity contribution in [2.24, 2.45) is 0 Å². The van der Waals surface area contributed by atoms with Gasteiger partial charge < -0.3 is 4.74 Å². The lowest BCUT2D eigenvalue weighted by atomic mass is 9.93. The second-order valence-corrected chi connectivity index (χ2v) is 3.30. The Balaban J connectivity index is 2.72. The lowest BCUT2D eigenvalue weighted by Crippen LogP contribution is -2.36. The van der Waals surface area contributed by atoms with Gasteiger partial charge in [0, 0.05) is 6.08 Å². The third kappa shape index (κ3) is 1.97. The first-order valence-corrected chi connectivity index (χ1v) is 4.54. The van der Waals surface area contributed by atoms with Gasteiger partial charge in [0.05, 0.1) is 0 Å². The summed E-state index contributed by atoms with van der Waals surface area (Å²) < 4.78 is 5.01. The fourth-order valence-electron chi connectivity index (χ4n) is 1.39. The Morgan fingerprint density at radius 2 is 2.31 bits per heavy atom. The summed E-state index contributed by atoms with van der Waals surface area (Å²) in [7, 11) is 0. The summed E-state index contributed by atoms with van der Waals surface area (Å²) in [6, 6.07) is 0. The minimum Gasteiger partial charge on any atom is -0.444 e. The van der Waals surface area contributed by atoms with Crippen LogP contribution in [0, 0.1) is 0 Å². The SMILES string of the molecule is CCCCC1(C(C)=O)C=CC(=O)O1. The van der Waals surface area contributed by atoms with Crippen molar-refractivity contribution in [3.8, 4) is 0 Å². The lowest BCUT2D eigenvalue weighted by molar-refractivity contribution is -0.154. The quantitative estimate of drug-likeness (QED) is 0.620. The maximum atomic E-state index is 11.3. The van der Waals surface area contributed by atoms with Gasteiger partial charge in [-0.3, -0.25) is 4.79 Å². The zero-order chi connectivity index (χ0) is 9.90. The second-order valence-electron chi connectivity index (χ2n) is 3.30. The van der Waals surface area contributed by atoms with Crippen LogP contribution in [0.3, 0.4) is 0 Å². The summed E-state index contributed by atoms with van der Waals surface area (Å²) >= 11 is 0. The van der Waals surface area contributed by atoms with Crippen molar-refractivity contribution in [2.75, 3.05) is 0 Å². The zero-order valence-corrected chi connectivity index (χ0v) is 8.00. The van der Waals surface area contributed by atoms with Gasteiger partial charge in [-0.2, -0.15) is 0 Å². The minimum atomic E-state index is -0.951. The molecular weight excluding hydrogens is 168 g/mol. The Hall–Kier alpha value is -1.12. The van der Waals surface area contributed by atoms with E-state index >= 15 is 0 Å². The Morgan fingerprint density at radius 3 is 2.69 bits per heavy atom. The second kappa shape index (κ2) is 3.73. The van der Waals surface area contributed by atoms with Crippen LogP contribution in [0.2, 0.25) is 0 Å². The first-order chi connectivity index (χ1) is 6.10. The minimum absolute atomic E-state index is 0.0944. The molecule has 0 aromatic heterocycles. The Kier molecular flexibility index (Phi) is 2.86. The van der Waals surface area contributed by atoms with Gasteiger partial charge in [0.1, 0.15) is 0 Å². The van der Waals surface area contributed by atoms with Crippen LogP contribution in [0.1, 0.15) is 33.1 Å². The summed E-state index contributed by atoms with van der Waals surface area (Å²) in [5.74, 6) is -0.505. The van der Waals surface area contributed by atoms with E-state index in [0.29, 0.717) is 6.42 Å². The molecule has 1 rings (SSSR count). The largest absolute Gasteiger partial charge is 0.444 e. The lowest BCUT2D eigenvalue weighted by Gasteiger charge is -2.22. The van der Waals surface area contributed by atoms with Crippen molar-refractivity contribution in [2.45, 2.75) is 38.7 Å². The first-order valence-electron chi connectivity index (χ1n) is 4.54. The van der Waals surface area contributed by atoms with E-state index in [4.69, 9.17) is 4.74 Å². The normalized spacial score (nSPS) is 26.2. The number of carbonyl (C=O) groups is 2. The van der Waals surface area contributed by atoms with Crippen molar-refractivity contribution in [1.29, 1.82) is 0 Å². The van der Waals surface area contributed by atoms with E-state index in [1.165, 1.54) is 13.0 Å². The molecule has 1 unspecified atom stereocenters. The van der Waals surface area contributed by atoms with Gasteiger partial charge in [-0.05, 0) is 25.8 Å². The van der Waals surface area contributed by atoms with Crippen molar-refractivity contribution in [3.05, 3.63) is 12.2 Å². The van der Waals surface area contributed by atoms with Crippen LogP contribution in [0.15, 0.2) is 12.2 Å². The van der Waals surface area contributed by atoms with Crippen molar-refractivity contribution in [1.82, 2.24) is 0 Å². The molecule has 1 aliphatic heterocycles. The van der Waals surface area contributed by atoms with E-state index in [0.717, 1.165) is 12.8 Å². The van der Waals surface area contributed by atoms with Crippen LogP contribution in [0.4, 0.5) is 0 Å². The van der Waals surface area contributed by atoms with E-state index in [2.05, 4.69) is 0 Å². The van der Waals surface area contributed by atoms with Gasteiger partial charge in [0.15, 0.2) is 11.4 Å². The molecule has 0 bridgehead atoms. The van der Waals surface area contributed by atoms with Crippen LogP contribution in [-0.4, -0.2) is 17.4 Å². The Bertz CT molecular complexity index is 255. The molecule has 0 aromatic rings. The molecule has 0 aromatic carbocycles. The van der Waals surface area contributed by atoms with Crippen molar-refractivity contribution in [3.63, 3.8) is 0 Å². The van der Waals surface area contributed by atoms with Gasteiger partial charge in [-0.25, -0.2) is 4.79 Å². The molecule has 0 fully saturated rings. The average Bonchev–Trinajstić information content (AvgIpc) is 2.45. The van der Waals surface area contributed by atoms with Crippen LogP contribution in [-0.2, 0) is 14.3 Å². The highest BCUT2D eigenvalue weighted by molar-refractivity contribution is 5.96. The van der Waals surface area contributed by atoms with Gasteiger partial charge in [-0.1, -0.05) is 13.3 Å². The maximum absolute atomic E-state index is 11.3. The molecule has 3 heteroatoms. The van der Waals surface area contributed by atoms with E-state index < -0.39 is 11.6 Å². The summed E-state index contributed by atoms with van der Waals surface area (Å²) in [5.41, 5.74) is -0.951. The monoisotopic (exact) mass is 182 g/mol. The van der Waals surface area contributed by atoms with Crippen LogP contribution in [0.5, 0.6) is 0 Å². The van der Waals surface area contributed by atoms with E-state index in [1.807, 2.05) is 6.92 Å². The number of hydrogen-bond acceptors (Lipinski definition) is 3. The van der Waals surface area contributed by atoms with E-state index in [-0.39, 0.29) is 5.78 Å². The summed E-state index contributed by atoms with van der Waals surface area (Å²) in [6.07, 6.45) is 5.38. The number of esters is 1. The molecule has 13 heavy (non-hydrogen) atoms. The molecule has 0 radical (unpaired) electrons. The number of hydrogen-bond donors (Lipinski definition) is 0. The molecular formula is C10H14O3. The van der Waals surface area contributed by atoms with Crippen LogP contribution >= 0.6 is 0 Å². The maximum Gasteiger partial charge on any atom is 0.331 e. The van der Waals surface area contributed by atoms with Crippen LogP contribution in [0.25, 0.3) is 0 Å². The summed E-state index contributed by atoms with van der Waals surface area (Å²) in [5, 5.41) is 0. The molecule has 0 saturated carbocycles. The predicted molar refractivity (Wildman–Crippen MR) is 48.2 cm³/mol. The van der Waals surface area contributed by atoms with Crippen molar-refractivity contribution < 1.29 is 14.3 Å². The third-order valence-electron chi connectivity index (χ3n) is 2.27. The molecule has 3 nitrogen and oxygen atoms in total. The number of ether oxygens (including phenoxy) is 1. The van der Waals surface area contributed by atoms with Crippen LogP contribution < -0.4 is 0 Å². The summed E-state index contributed by atoms with van der Waals surface area (Å²) in [4.78, 5) is 22.2. The van der Waals surface area contributed by atoms with Crippen molar-refractivity contribution >= 4 is 11.8 Å². The fourth-order valence-corrected chi connectivity index (χ4v) is 1.39. The fraction of sp³-hybridized carbons (Fsp3) is 0.600.